The Morgan fingerprint density at radius 3 is 2.48 bits per heavy atom. The molecule has 0 aromatic rings. The van der Waals surface area contributed by atoms with Crippen LogP contribution in [-0.2, 0) is 10.2 Å². The molecule has 21 heavy (non-hydrogen) atoms. The first-order valence-electron chi connectivity index (χ1n) is 8.19. The van der Waals surface area contributed by atoms with Gasteiger partial charge in [-0.2, -0.15) is 17.4 Å². The number of nitrogens with zero attached hydrogens (tertiary/aromatic N) is 2. The number of rotatable bonds is 6. The predicted molar refractivity (Wildman–Crippen MR) is 83.2 cm³/mol. The molecule has 0 saturated carbocycles. The van der Waals surface area contributed by atoms with Crippen LogP contribution in [0.1, 0.15) is 45.4 Å². The molecule has 124 valence electrons. The lowest BCUT2D eigenvalue weighted by atomic mass is 10.1. The van der Waals surface area contributed by atoms with Crippen molar-refractivity contribution in [2.24, 2.45) is 0 Å². The molecule has 0 amide bonds. The average molecular weight is 319 g/mol. The first-order valence-corrected chi connectivity index (χ1v) is 9.63. The van der Waals surface area contributed by atoms with Gasteiger partial charge in [-0.15, -0.1) is 0 Å². The molecular formula is C14H29N3O3S. The highest BCUT2D eigenvalue weighted by Crippen LogP contribution is 2.21. The lowest BCUT2D eigenvalue weighted by molar-refractivity contribution is 0.151. The number of aliphatic hydroxyl groups is 1. The first kappa shape index (κ1) is 17.1. The highest BCUT2D eigenvalue weighted by atomic mass is 32.2. The summed E-state index contributed by atoms with van der Waals surface area (Å²) in [5.74, 6) is 0. The van der Waals surface area contributed by atoms with Gasteiger partial charge >= 0.3 is 0 Å². The van der Waals surface area contributed by atoms with E-state index in [-0.39, 0.29) is 18.7 Å². The van der Waals surface area contributed by atoms with E-state index < -0.39 is 10.2 Å². The van der Waals surface area contributed by atoms with Gasteiger partial charge in [-0.1, -0.05) is 13.3 Å². The molecule has 0 radical (unpaired) electrons. The predicted octanol–water partition coefficient (Wildman–Crippen LogP) is 0.542. The molecule has 2 saturated heterocycles. The SMILES string of the molecule is CCCN1CCC(NS(=O)(=O)N2CCCCC2CO)CC1. The molecule has 2 N–H and O–H groups in total. The molecule has 2 aliphatic rings. The Bertz CT molecular complexity index is 408. The summed E-state index contributed by atoms with van der Waals surface area (Å²) >= 11 is 0. The fourth-order valence-electron chi connectivity index (χ4n) is 3.34. The summed E-state index contributed by atoms with van der Waals surface area (Å²) in [5.41, 5.74) is 0. The number of nitrogens with one attached hydrogen (secondary N) is 1. The van der Waals surface area contributed by atoms with E-state index in [0.29, 0.717) is 6.54 Å². The van der Waals surface area contributed by atoms with E-state index >= 15 is 0 Å². The summed E-state index contributed by atoms with van der Waals surface area (Å²) in [6, 6.07) is -0.221. The van der Waals surface area contributed by atoms with E-state index in [4.69, 9.17) is 0 Å². The van der Waals surface area contributed by atoms with Gasteiger partial charge in [0, 0.05) is 18.6 Å². The topological polar surface area (TPSA) is 72.9 Å². The van der Waals surface area contributed by atoms with Crippen molar-refractivity contribution in [3.63, 3.8) is 0 Å². The maximum Gasteiger partial charge on any atom is 0.280 e. The van der Waals surface area contributed by atoms with E-state index in [2.05, 4.69) is 16.5 Å². The smallest absolute Gasteiger partial charge is 0.280 e. The zero-order valence-corrected chi connectivity index (χ0v) is 13.8. The van der Waals surface area contributed by atoms with Crippen molar-refractivity contribution in [1.82, 2.24) is 13.9 Å². The van der Waals surface area contributed by atoms with Crippen molar-refractivity contribution in [3.8, 4) is 0 Å². The number of likely N-dealkylation sites (tertiary alicyclic amines) is 1. The van der Waals surface area contributed by atoms with Crippen LogP contribution in [0.4, 0.5) is 0 Å². The Kier molecular flexibility index (Phi) is 6.43. The second kappa shape index (κ2) is 7.87. The second-order valence-corrected chi connectivity index (χ2v) is 7.84. The molecule has 0 aliphatic carbocycles. The van der Waals surface area contributed by atoms with Crippen LogP contribution in [-0.4, -0.2) is 67.6 Å². The van der Waals surface area contributed by atoms with Gasteiger partial charge in [0.1, 0.15) is 0 Å². The fraction of sp³-hybridized carbons (Fsp3) is 1.00. The highest BCUT2D eigenvalue weighted by Gasteiger charge is 2.33. The Balaban J connectivity index is 1.89. The standard InChI is InChI=1S/C14H29N3O3S/c1-2-8-16-10-6-13(7-11-16)15-21(19,20)17-9-4-3-5-14(17)12-18/h13-15,18H,2-12H2,1H3. The van der Waals surface area contributed by atoms with Gasteiger partial charge in [-0.3, -0.25) is 0 Å². The maximum absolute atomic E-state index is 12.5. The number of hydrogen-bond acceptors (Lipinski definition) is 4. The van der Waals surface area contributed by atoms with Crippen molar-refractivity contribution >= 4 is 10.2 Å². The number of aliphatic hydroxyl groups excluding tert-OH is 1. The maximum atomic E-state index is 12.5. The van der Waals surface area contributed by atoms with Crippen molar-refractivity contribution in [1.29, 1.82) is 0 Å². The molecule has 2 aliphatic heterocycles. The zero-order valence-electron chi connectivity index (χ0n) is 13.0. The third-order valence-electron chi connectivity index (χ3n) is 4.54. The summed E-state index contributed by atoms with van der Waals surface area (Å²) in [7, 11) is -3.47. The molecular weight excluding hydrogens is 290 g/mol. The molecule has 0 aromatic carbocycles. The zero-order chi connectivity index (χ0) is 15.3. The van der Waals surface area contributed by atoms with Crippen molar-refractivity contribution < 1.29 is 13.5 Å². The minimum absolute atomic E-state index is 0.0318. The molecule has 0 bridgehead atoms. The van der Waals surface area contributed by atoms with Crippen LogP contribution in [0.3, 0.4) is 0 Å². The van der Waals surface area contributed by atoms with E-state index in [1.54, 1.807) is 0 Å². The first-order chi connectivity index (χ1) is 10.1. The van der Waals surface area contributed by atoms with Gasteiger partial charge in [0.2, 0.25) is 0 Å². The monoisotopic (exact) mass is 319 g/mol. The van der Waals surface area contributed by atoms with E-state index in [1.165, 1.54) is 4.31 Å². The van der Waals surface area contributed by atoms with E-state index in [0.717, 1.165) is 58.2 Å². The molecule has 7 heteroatoms. The Hall–Kier alpha value is -0.210. The Labute approximate surface area is 128 Å². The summed E-state index contributed by atoms with van der Waals surface area (Å²) in [6.07, 6.45) is 5.52. The third-order valence-corrected chi connectivity index (χ3v) is 6.26. The molecule has 0 aromatic heterocycles. The van der Waals surface area contributed by atoms with E-state index in [1.807, 2.05) is 0 Å². The molecule has 0 spiro atoms. The van der Waals surface area contributed by atoms with Gasteiger partial charge < -0.3 is 10.0 Å². The summed E-state index contributed by atoms with van der Waals surface area (Å²) in [4.78, 5) is 2.39. The van der Waals surface area contributed by atoms with E-state index in [9.17, 15) is 13.5 Å². The van der Waals surface area contributed by atoms with Gasteiger partial charge in [-0.05, 0) is 51.7 Å². The van der Waals surface area contributed by atoms with Crippen LogP contribution in [0.5, 0.6) is 0 Å². The summed E-state index contributed by atoms with van der Waals surface area (Å²) in [6.45, 7) is 5.62. The van der Waals surface area contributed by atoms with Crippen LogP contribution in [0, 0.1) is 0 Å². The molecule has 1 unspecified atom stereocenters. The lowest BCUT2D eigenvalue weighted by Gasteiger charge is -2.36. The lowest BCUT2D eigenvalue weighted by Crippen LogP contribution is -2.54. The molecule has 2 fully saturated rings. The van der Waals surface area contributed by atoms with Gasteiger partial charge in [0.05, 0.1) is 6.61 Å². The normalized spacial score (nSPS) is 27.0. The van der Waals surface area contributed by atoms with Crippen LogP contribution < -0.4 is 4.72 Å². The molecule has 2 heterocycles. The van der Waals surface area contributed by atoms with Crippen molar-refractivity contribution in [2.45, 2.75) is 57.5 Å². The highest BCUT2D eigenvalue weighted by molar-refractivity contribution is 7.87. The molecule has 1 atom stereocenters. The van der Waals surface area contributed by atoms with Gasteiger partial charge in [0.25, 0.3) is 10.2 Å². The summed E-state index contributed by atoms with van der Waals surface area (Å²) in [5, 5.41) is 9.38. The van der Waals surface area contributed by atoms with Gasteiger partial charge in [-0.25, -0.2) is 0 Å². The minimum atomic E-state index is -3.47. The second-order valence-electron chi connectivity index (χ2n) is 6.18. The molecule has 6 nitrogen and oxygen atoms in total. The van der Waals surface area contributed by atoms with Crippen LogP contribution >= 0.6 is 0 Å². The average Bonchev–Trinajstić information content (AvgIpc) is 2.49. The van der Waals surface area contributed by atoms with Crippen LogP contribution in [0.25, 0.3) is 0 Å². The summed E-state index contributed by atoms with van der Waals surface area (Å²) < 4.78 is 29.4. The third kappa shape index (κ3) is 4.63. The Morgan fingerprint density at radius 1 is 1.14 bits per heavy atom. The number of piperidine rings is 2. The largest absolute Gasteiger partial charge is 0.395 e. The van der Waals surface area contributed by atoms with Crippen molar-refractivity contribution in [2.75, 3.05) is 32.8 Å². The molecule has 2 rings (SSSR count). The van der Waals surface area contributed by atoms with Crippen LogP contribution in [0.2, 0.25) is 0 Å². The van der Waals surface area contributed by atoms with Crippen molar-refractivity contribution in [3.05, 3.63) is 0 Å². The van der Waals surface area contributed by atoms with Gasteiger partial charge in [0.15, 0.2) is 0 Å². The minimum Gasteiger partial charge on any atom is -0.395 e. The Morgan fingerprint density at radius 2 is 1.86 bits per heavy atom. The quantitative estimate of drug-likeness (QED) is 0.749. The fourth-order valence-corrected chi connectivity index (χ4v) is 5.07. The number of hydrogen-bond donors (Lipinski definition) is 2. The van der Waals surface area contributed by atoms with Crippen LogP contribution in [0.15, 0.2) is 0 Å².